The molecule has 0 saturated heterocycles. The molecule has 0 unspecified atom stereocenters. The van der Waals surface area contributed by atoms with Crippen molar-refractivity contribution >= 4 is 16.0 Å². The number of sulfonamides is 1. The molecule has 0 aliphatic carbocycles. The highest BCUT2D eigenvalue weighted by atomic mass is 32.2. The molecule has 2 N–H and O–H groups in total. The standard InChI is InChI=1S/C13H23N3O4S/c1-2-3-4-5-6-7-8-15-21(19,20)12-9-14-16(10-12)11-13(17)18/h9-10,15H,2-8,11H2,1H3,(H,17,18). The van der Waals surface area contributed by atoms with Gasteiger partial charge in [0.15, 0.2) is 0 Å². The predicted octanol–water partition coefficient (Wildman–Crippen LogP) is 1.61. The van der Waals surface area contributed by atoms with E-state index in [-0.39, 0.29) is 11.4 Å². The first-order valence-electron chi connectivity index (χ1n) is 7.19. The van der Waals surface area contributed by atoms with Crippen molar-refractivity contribution in [3.8, 4) is 0 Å². The Morgan fingerprint density at radius 2 is 1.95 bits per heavy atom. The Labute approximate surface area is 125 Å². The van der Waals surface area contributed by atoms with Gasteiger partial charge in [0.2, 0.25) is 10.0 Å². The van der Waals surface area contributed by atoms with Gasteiger partial charge in [-0.3, -0.25) is 9.48 Å². The third-order valence-corrected chi connectivity index (χ3v) is 4.46. The second-order valence-corrected chi connectivity index (χ2v) is 6.70. The topological polar surface area (TPSA) is 101 Å². The monoisotopic (exact) mass is 317 g/mol. The highest BCUT2D eigenvalue weighted by Crippen LogP contribution is 2.08. The van der Waals surface area contributed by atoms with E-state index in [0.717, 1.165) is 30.1 Å². The van der Waals surface area contributed by atoms with Crippen LogP contribution >= 0.6 is 0 Å². The molecule has 0 fully saturated rings. The van der Waals surface area contributed by atoms with Crippen LogP contribution in [0.1, 0.15) is 45.4 Å². The first-order chi connectivity index (χ1) is 9.95. The van der Waals surface area contributed by atoms with Crippen LogP contribution in [0.15, 0.2) is 17.3 Å². The number of rotatable bonds is 11. The molecule has 0 atom stereocenters. The zero-order valence-corrected chi connectivity index (χ0v) is 13.1. The number of hydrogen-bond donors (Lipinski definition) is 2. The molecule has 0 aromatic carbocycles. The van der Waals surface area contributed by atoms with E-state index in [0.29, 0.717) is 6.54 Å². The van der Waals surface area contributed by atoms with E-state index in [9.17, 15) is 13.2 Å². The summed E-state index contributed by atoms with van der Waals surface area (Å²) in [6.07, 6.45) is 8.88. The number of carbonyl (C=O) groups is 1. The Balaban J connectivity index is 2.36. The molecule has 0 bridgehead atoms. The number of carboxylic acids is 1. The average molecular weight is 317 g/mol. The van der Waals surface area contributed by atoms with E-state index in [1.54, 1.807) is 0 Å². The minimum absolute atomic E-state index is 0.00488. The third-order valence-electron chi connectivity index (χ3n) is 3.04. The molecular formula is C13H23N3O4S. The van der Waals surface area contributed by atoms with Crippen LogP contribution in [-0.2, 0) is 21.4 Å². The molecule has 0 radical (unpaired) electrons. The lowest BCUT2D eigenvalue weighted by molar-refractivity contribution is -0.137. The fraction of sp³-hybridized carbons (Fsp3) is 0.692. The molecule has 0 aliphatic rings. The quantitative estimate of drug-likeness (QED) is 0.604. The highest BCUT2D eigenvalue weighted by Gasteiger charge is 2.16. The highest BCUT2D eigenvalue weighted by molar-refractivity contribution is 7.89. The lowest BCUT2D eigenvalue weighted by Crippen LogP contribution is -2.24. The smallest absolute Gasteiger partial charge is 0.325 e. The number of nitrogens with one attached hydrogen (secondary N) is 1. The normalized spacial score (nSPS) is 11.7. The largest absolute Gasteiger partial charge is 0.480 e. The maximum absolute atomic E-state index is 12.0. The van der Waals surface area contributed by atoms with E-state index in [1.165, 1.54) is 25.5 Å². The van der Waals surface area contributed by atoms with Crippen molar-refractivity contribution in [2.24, 2.45) is 0 Å². The Morgan fingerprint density at radius 1 is 1.29 bits per heavy atom. The fourth-order valence-electron chi connectivity index (χ4n) is 1.90. The van der Waals surface area contributed by atoms with Gasteiger partial charge < -0.3 is 5.11 Å². The molecule has 1 rings (SSSR count). The molecule has 120 valence electrons. The van der Waals surface area contributed by atoms with Gasteiger partial charge in [0, 0.05) is 12.7 Å². The predicted molar refractivity (Wildman–Crippen MR) is 78.4 cm³/mol. The number of hydrogen-bond acceptors (Lipinski definition) is 4. The molecule has 0 amide bonds. The van der Waals surface area contributed by atoms with E-state index < -0.39 is 16.0 Å². The van der Waals surface area contributed by atoms with Crippen molar-refractivity contribution in [3.63, 3.8) is 0 Å². The van der Waals surface area contributed by atoms with Crippen LogP contribution in [0.3, 0.4) is 0 Å². The van der Waals surface area contributed by atoms with Crippen molar-refractivity contribution in [2.75, 3.05) is 6.54 Å². The van der Waals surface area contributed by atoms with Gasteiger partial charge in [0.05, 0.1) is 6.20 Å². The van der Waals surface area contributed by atoms with Crippen LogP contribution < -0.4 is 4.72 Å². The summed E-state index contributed by atoms with van der Waals surface area (Å²) in [5.41, 5.74) is 0. The number of carboxylic acid groups (broad SMARTS) is 1. The van der Waals surface area contributed by atoms with Gasteiger partial charge in [-0.25, -0.2) is 13.1 Å². The Hall–Kier alpha value is -1.41. The van der Waals surface area contributed by atoms with Crippen LogP contribution in [0.2, 0.25) is 0 Å². The summed E-state index contributed by atoms with van der Waals surface area (Å²) in [4.78, 5) is 10.5. The number of aliphatic carboxylic acids is 1. The van der Waals surface area contributed by atoms with Gasteiger partial charge in [0.1, 0.15) is 11.4 Å². The molecule has 0 aliphatic heterocycles. The van der Waals surface area contributed by atoms with Gasteiger partial charge in [-0.05, 0) is 6.42 Å². The van der Waals surface area contributed by atoms with Crippen molar-refractivity contribution in [1.82, 2.24) is 14.5 Å². The van der Waals surface area contributed by atoms with E-state index in [4.69, 9.17) is 5.11 Å². The van der Waals surface area contributed by atoms with Crippen LogP contribution in [-0.4, -0.2) is 35.8 Å². The van der Waals surface area contributed by atoms with Crippen LogP contribution in [0.5, 0.6) is 0 Å². The lowest BCUT2D eigenvalue weighted by Gasteiger charge is -2.04. The van der Waals surface area contributed by atoms with Gasteiger partial charge in [-0.2, -0.15) is 5.10 Å². The third kappa shape index (κ3) is 6.72. The van der Waals surface area contributed by atoms with Crippen LogP contribution in [0.4, 0.5) is 0 Å². The van der Waals surface area contributed by atoms with E-state index in [2.05, 4.69) is 16.7 Å². The molecule has 21 heavy (non-hydrogen) atoms. The second-order valence-electron chi connectivity index (χ2n) is 4.93. The first kappa shape index (κ1) is 17.6. The van der Waals surface area contributed by atoms with Gasteiger partial charge in [0.25, 0.3) is 0 Å². The maximum atomic E-state index is 12.0. The SMILES string of the molecule is CCCCCCCCNS(=O)(=O)c1cnn(CC(=O)O)c1. The molecule has 0 spiro atoms. The summed E-state index contributed by atoms with van der Waals surface area (Å²) in [5.74, 6) is -1.07. The average Bonchev–Trinajstić information content (AvgIpc) is 2.86. The van der Waals surface area contributed by atoms with Gasteiger partial charge in [-0.15, -0.1) is 0 Å². The van der Waals surface area contributed by atoms with Crippen LogP contribution in [0.25, 0.3) is 0 Å². The fourth-order valence-corrected chi connectivity index (χ4v) is 2.93. The summed E-state index contributed by atoms with van der Waals surface area (Å²) in [5, 5.41) is 12.3. The number of nitrogens with zero attached hydrogens (tertiary/aromatic N) is 2. The van der Waals surface area contributed by atoms with E-state index in [1.807, 2.05) is 0 Å². The molecule has 1 heterocycles. The molecule has 1 aromatic heterocycles. The molecule has 8 heteroatoms. The summed E-state index contributed by atoms with van der Waals surface area (Å²) in [7, 11) is -3.60. The molecule has 0 saturated carbocycles. The summed E-state index contributed by atoms with van der Waals surface area (Å²) in [6.45, 7) is 2.18. The minimum atomic E-state index is -3.60. The number of unbranched alkanes of at least 4 members (excludes halogenated alkanes) is 5. The Morgan fingerprint density at radius 3 is 2.62 bits per heavy atom. The summed E-state index contributed by atoms with van der Waals surface area (Å²) >= 11 is 0. The van der Waals surface area contributed by atoms with Gasteiger partial charge in [-0.1, -0.05) is 39.0 Å². The van der Waals surface area contributed by atoms with E-state index >= 15 is 0 Å². The number of aromatic nitrogens is 2. The van der Waals surface area contributed by atoms with Crippen molar-refractivity contribution in [3.05, 3.63) is 12.4 Å². The zero-order valence-electron chi connectivity index (χ0n) is 12.3. The van der Waals surface area contributed by atoms with Crippen molar-refractivity contribution in [2.45, 2.75) is 56.9 Å². The maximum Gasteiger partial charge on any atom is 0.325 e. The summed E-state index contributed by atoms with van der Waals surface area (Å²) < 4.78 is 27.5. The molecular weight excluding hydrogens is 294 g/mol. The zero-order chi connectivity index (χ0) is 15.7. The van der Waals surface area contributed by atoms with Gasteiger partial charge >= 0.3 is 5.97 Å². The first-order valence-corrected chi connectivity index (χ1v) is 8.68. The Kier molecular flexibility index (Phi) is 7.38. The second kappa shape index (κ2) is 8.78. The molecule has 7 nitrogen and oxygen atoms in total. The Bertz CT molecular complexity index is 539. The molecule has 1 aromatic rings. The van der Waals surface area contributed by atoms with Crippen molar-refractivity contribution < 1.29 is 18.3 Å². The minimum Gasteiger partial charge on any atom is -0.480 e. The lowest BCUT2D eigenvalue weighted by atomic mass is 10.1. The van der Waals surface area contributed by atoms with Crippen LogP contribution in [0, 0.1) is 0 Å². The van der Waals surface area contributed by atoms with Crippen molar-refractivity contribution in [1.29, 1.82) is 0 Å². The summed E-state index contributed by atoms with van der Waals surface area (Å²) in [6, 6.07) is 0.